The van der Waals surface area contributed by atoms with Gasteiger partial charge >= 0.3 is 5.97 Å². The van der Waals surface area contributed by atoms with E-state index in [0.29, 0.717) is 5.69 Å². The third kappa shape index (κ3) is 8.80. The van der Waals surface area contributed by atoms with E-state index in [0.717, 1.165) is 61.1 Å². The number of amides is 1. The van der Waals surface area contributed by atoms with Crippen LogP contribution in [0.25, 0.3) is 0 Å². The molecule has 8 heteroatoms. The molecule has 0 fully saturated rings. The first-order chi connectivity index (χ1) is 19.2. The molecule has 0 radical (unpaired) electrons. The fourth-order valence-corrected chi connectivity index (χ4v) is 5.74. The molecule has 3 unspecified atom stereocenters. The molecule has 40 heavy (non-hydrogen) atoms. The number of carbonyl (C=O) groups is 2. The monoisotopic (exact) mass is 571 g/mol. The van der Waals surface area contributed by atoms with Gasteiger partial charge in [0.05, 0.1) is 18.2 Å². The van der Waals surface area contributed by atoms with E-state index in [9.17, 15) is 14.0 Å². The van der Waals surface area contributed by atoms with Gasteiger partial charge in [0.25, 0.3) is 0 Å². The molecule has 0 saturated heterocycles. The standard InChI is InChI=1S/C32H43ClFN3O3/c1-4-6-9-22(10-8-12-28(38)35-18-17-29(39)40)25(11-7-5-2)30(23-13-15-24(33)16-14-23)32-26-19-21(3)20-27(34)31(26)36-37-32/h8-10,13,15,19-20,25,30,32,36-37H,4-7,11-12,14,16-18H2,1-3H3,(H,35,38)(H,39,40). The number of carboxylic acid groups (broad SMARTS) is 1. The van der Waals surface area contributed by atoms with Gasteiger partial charge in [-0.15, -0.1) is 0 Å². The van der Waals surface area contributed by atoms with Crippen LogP contribution in [0.1, 0.15) is 88.8 Å². The Morgan fingerprint density at radius 3 is 2.70 bits per heavy atom. The smallest absolute Gasteiger partial charge is 0.305 e. The Morgan fingerprint density at radius 1 is 1.23 bits per heavy atom. The zero-order valence-corrected chi connectivity index (χ0v) is 24.6. The van der Waals surface area contributed by atoms with Crippen molar-refractivity contribution < 1.29 is 19.1 Å². The predicted octanol–water partition coefficient (Wildman–Crippen LogP) is 7.63. The van der Waals surface area contributed by atoms with E-state index in [1.807, 2.05) is 19.1 Å². The lowest BCUT2D eigenvalue weighted by Crippen LogP contribution is -2.33. The number of rotatable bonds is 15. The average Bonchev–Trinajstić information content (AvgIpc) is 3.33. The first kappa shape index (κ1) is 31.6. The third-order valence-corrected chi connectivity index (χ3v) is 7.86. The number of aryl methyl sites for hydroxylation is 1. The number of hydrazine groups is 1. The molecule has 0 spiro atoms. The van der Waals surface area contributed by atoms with Gasteiger partial charge in [-0.3, -0.25) is 9.59 Å². The number of benzene rings is 1. The summed E-state index contributed by atoms with van der Waals surface area (Å²) in [6.07, 6.45) is 16.9. The second kappa shape index (κ2) is 15.8. The van der Waals surface area contributed by atoms with Crippen molar-refractivity contribution in [3.05, 3.63) is 75.6 Å². The highest BCUT2D eigenvalue weighted by molar-refractivity contribution is 6.29. The lowest BCUT2D eigenvalue weighted by molar-refractivity contribution is -0.136. The van der Waals surface area contributed by atoms with Crippen LogP contribution in [0.4, 0.5) is 10.1 Å². The second-order valence-electron chi connectivity index (χ2n) is 10.7. The van der Waals surface area contributed by atoms with Crippen LogP contribution in [0.5, 0.6) is 0 Å². The number of carboxylic acids is 1. The predicted molar refractivity (Wildman–Crippen MR) is 160 cm³/mol. The Balaban J connectivity index is 2.00. The fraction of sp³-hybridized carbons (Fsp3) is 0.500. The summed E-state index contributed by atoms with van der Waals surface area (Å²) in [6.45, 7) is 6.36. The number of unbranched alkanes of at least 4 members (excludes halogenated alkanes) is 2. The van der Waals surface area contributed by atoms with Crippen molar-refractivity contribution in [3.63, 3.8) is 0 Å². The first-order valence-corrected chi connectivity index (χ1v) is 14.8. The molecule has 0 saturated carbocycles. The van der Waals surface area contributed by atoms with Gasteiger partial charge in [0.15, 0.2) is 0 Å². The van der Waals surface area contributed by atoms with E-state index in [4.69, 9.17) is 16.7 Å². The van der Waals surface area contributed by atoms with Crippen LogP contribution < -0.4 is 16.2 Å². The summed E-state index contributed by atoms with van der Waals surface area (Å²) in [5.74, 6) is -1.23. The van der Waals surface area contributed by atoms with Gasteiger partial charge in [0.1, 0.15) is 5.82 Å². The summed E-state index contributed by atoms with van der Waals surface area (Å²) >= 11 is 6.36. The zero-order valence-electron chi connectivity index (χ0n) is 23.9. The van der Waals surface area contributed by atoms with Crippen LogP contribution >= 0.6 is 11.6 Å². The lowest BCUT2D eigenvalue weighted by atomic mass is 9.70. The second-order valence-corrected chi connectivity index (χ2v) is 11.2. The van der Waals surface area contributed by atoms with Gasteiger partial charge in [-0.25, -0.2) is 9.82 Å². The van der Waals surface area contributed by atoms with E-state index in [-0.39, 0.29) is 49.0 Å². The normalized spacial score (nSPS) is 18.5. The highest BCUT2D eigenvalue weighted by Gasteiger charge is 2.39. The minimum Gasteiger partial charge on any atom is -0.481 e. The largest absolute Gasteiger partial charge is 0.481 e. The van der Waals surface area contributed by atoms with Crippen molar-refractivity contribution in [1.29, 1.82) is 0 Å². The number of fused-ring (bicyclic) bond motifs is 1. The number of hydrogen-bond donors (Lipinski definition) is 4. The Kier molecular flexibility index (Phi) is 12.5. The quantitative estimate of drug-likeness (QED) is 0.162. The number of hydrogen-bond acceptors (Lipinski definition) is 4. The van der Waals surface area contributed by atoms with Crippen molar-refractivity contribution >= 4 is 29.2 Å². The molecule has 3 atom stereocenters. The van der Waals surface area contributed by atoms with Gasteiger partial charge in [-0.05, 0) is 67.4 Å². The number of anilines is 1. The SMILES string of the molecule is CCCC=C(C=CCC(=O)NCCC(=O)O)C(CCCC)C(C1=CC=C(Cl)CC1)C1NNc2c(F)cc(C)cc21. The van der Waals surface area contributed by atoms with Crippen LogP contribution in [0.2, 0.25) is 0 Å². The highest BCUT2D eigenvalue weighted by atomic mass is 35.5. The minimum absolute atomic E-state index is 0.0414. The van der Waals surface area contributed by atoms with Crippen molar-refractivity contribution in [1.82, 2.24) is 10.7 Å². The molecule has 1 aliphatic carbocycles. The van der Waals surface area contributed by atoms with Crippen LogP contribution in [0.15, 0.2) is 58.7 Å². The highest BCUT2D eigenvalue weighted by Crippen LogP contribution is 2.47. The summed E-state index contributed by atoms with van der Waals surface area (Å²) in [7, 11) is 0. The van der Waals surface area contributed by atoms with Crippen molar-refractivity contribution in [2.45, 2.75) is 84.6 Å². The molecule has 0 bridgehead atoms. The molecule has 1 aliphatic heterocycles. The topological polar surface area (TPSA) is 90.5 Å². The number of halogens is 2. The maximum Gasteiger partial charge on any atom is 0.305 e. The van der Waals surface area contributed by atoms with Gasteiger partial charge in [0, 0.05) is 23.9 Å². The number of carbonyl (C=O) groups excluding carboxylic acids is 1. The van der Waals surface area contributed by atoms with Gasteiger partial charge in [-0.2, -0.15) is 0 Å². The van der Waals surface area contributed by atoms with Gasteiger partial charge < -0.3 is 15.8 Å². The van der Waals surface area contributed by atoms with E-state index in [1.54, 1.807) is 6.07 Å². The summed E-state index contributed by atoms with van der Waals surface area (Å²) in [5, 5.41) is 12.3. The van der Waals surface area contributed by atoms with E-state index in [1.165, 1.54) is 11.1 Å². The molecule has 1 aromatic carbocycles. The molecule has 6 nitrogen and oxygen atoms in total. The van der Waals surface area contributed by atoms with Crippen LogP contribution in [0.3, 0.4) is 0 Å². The molecule has 3 rings (SSSR count). The Bertz CT molecular complexity index is 1170. The van der Waals surface area contributed by atoms with Crippen molar-refractivity contribution in [2.24, 2.45) is 11.8 Å². The molecular formula is C32H43ClFN3O3. The van der Waals surface area contributed by atoms with Crippen molar-refractivity contribution in [3.8, 4) is 0 Å². The number of allylic oxidation sites excluding steroid dienone is 6. The molecule has 1 amide bonds. The summed E-state index contributed by atoms with van der Waals surface area (Å²) in [6, 6.07) is 3.48. The molecule has 218 valence electrons. The molecule has 2 aliphatic rings. The Morgan fingerprint density at radius 2 is 2.02 bits per heavy atom. The van der Waals surface area contributed by atoms with Crippen LogP contribution in [-0.4, -0.2) is 23.5 Å². The molecule has 4 N–H and O–H groups in total. The maximum atomic E-state index is 14.9. The summed E-state index contributed by atoms with van der Waals surface area (Å²) < 4.78 is 14.9. The molecular weight excluding hydrogens is 529 g/mol. The van der Waals surface area contributed by atoms with Crippen LogP contribution in [-0.2, 0) is 9.59 Å². The Labute approximate surface area is 242 Å². The maximum absolute atomic E-state index is 14.9. The summed E-state index contributed by atoms with van der Waals surface area (Å²) in [4.78, 5) is 23.1. The lowest BCUT2D eigenvalue weighted by Gasteiger charge is -2.36. The molecule has 0 aromatic heterocycles. The number of aliphatic carboxylic acids is 1. The number of nitrogens with one attached hydrogen (secondary N) is 3. The first-order valence-electron chi connectivity index (χ1n) is 14.5. The molecule has 1 heterocycles. The van der Waals surface area contributed by atoms with Gasteiger partial charge in [0.2, 0.25) is 5.91 Å². The van der Waals surface area contributed by atoms with Crippen LogP contribution in [0, 0.1) is 24.6 Å². The minimum atomic E-state index is -0.940. The van der Waals surface area contributed by atoms with E-state index >= 15 is 0 Å². The Hall–Kier alpha value is -2.90. The fourth-order valence-electron chi connectivity index (χ4n) is 5.58. The molecule has 1 aromatic rings. The zero-order chi connectivity index (χ0) is 29.1. The van der Waals surface area contributed by atoms with E-state index < -0.39 is 5.97 Å². The third-order valence-electron chi connectivity index (χ3n) is 7.54. The average molecular weight is 572 g/mol. The van der Waals surface area contributed by atoms with E-state index in [2.05, 4.69) is 54.3 Å². The summed E-state index contributed by atoms with van der Waals surface area (Å²) in [5.41, 5.74) is 11.3. The van der Waals surface area contributed by atoms with Crippen molar-refractivity contribution in [2.75, 3.05) is 12.0 Å². The van der Waals surface area contributed by atoms with Gasteiger partial charge in [-0.1, -0.05) is 80.7 Å².